The number of benzene rings is 1. The van der Waals surface area contributed by atoms with Crippen molar-refractivity contribution in [3.63, 3.8) is 0 Å². The first-order valence-corrected chi connectivity index (χ1v) is 13.4. The van der Waals surface area contributed by atoms with Crippen LogP contribution < -0.4 is 32.9 Å². The number of aliphatic hydroxyl groups excluding tert-OH is 1. The lowest BCUT2D eigenvalue weighted by molar-refractivity contribution is -0.137. The highest BCUT2D eigenvalue weighted by atomic mass is 16.5. The van der Waals surface area contributed by atoms with Crippen molar-refractivity contribution in [2.24, 2.45) is 23.3 Å². The first-order chi connectivity index (χ1) is 18.9. The van der Waals surface area contributed by atoms with E-state index in [0.29, 0.717) is 31.4 Å². The Kier molecular flexibility index (Phi) is 15.4. The molecule has 224 valence electrons. The van der Waals surface area contributed by atoms with Crippen LogP contribution in [0.3, 0.4) is 0 Å². The highest BCUT2D eigenvalue weighted by molar-refractivity contribution is 5.95. The Balaban J connectivity index is 3.15. The number of unbranched alkanes of at least 4 members (excludes halogenated alkanes) is 1. The number of hydrogen-bond donors (Lipinski definition) is 8. The van der Waals surface area contributed by atoms with Crippen LogP contribution in [0.2, 0.25) is 0 Å². The summed E-state index contributed by atoms with van der Waals surface area (Å²) in [5, 5.41) is 26.9. The number of primary amides is 1. The average molecular weight is 565 g/mol. The summed E-state index contributed by atoms with van der Waals surface area (Å²) in [6.45, 7) is 5.44. The summed E-state index contributed by atoms with van der Waals surface area (Å²) in [4.78, 5) is 63.2. The maximum atomic E-state index is 13.4. The Hall–Kier alpha value is -3.55. The Morgan fingerprint density at radius 2 is 1.50 bits per heavy atom. The van der Waals surface area contributed by atoms with Crippen LogP contribution >= 0.6 is 0 Å². The van der Waals surface area contributed by atoms with E-state index in [1.165, 1.54) is 12.4 Å². The maximum Gasteiger partial charge on any atom is 0.245 e. The molecule has 1 rings (SSSR count). The monoisotopic (exact) mass is 564 g/mol. The van der Waals surface area contributed by atoms with Crippen LogP contribution in [0.25, 0.3) is 0 Å². The van der Waals surface area contributed by atoms with Crippen molar-refractivity contribution >= 4 is 29.5 Å². The number of hydrogen-bond acceptors (Lipinski definition) is 8. The molecule has 13 heteroatoms. The van der Waals surface area contributed by atoms with Crippen LogP contribution in [-0.4, -0.2) is 70.6 Å². The van der Waals surface area contributed by atoms with Crippen LogP contribution in [0, 0.1) is 11.8 Å². The number of nitrogens with one attached hydrogen (secondary N) is 4. The molecule has 1 aromatic rings. The summed E-state index contributed by atoms with van der Waals surface area (Å²) in [5.41, 5.74) is 13.1. The summed E-state index contributed by atoms with van der Waals surface area (Å²) >= 11 is 0. The Morgan fingerprint density at radius 3 is 2.02 bits per heavy atom. The van der Waals surface area contributed by atoms with Crippen molar-refractivity contribution < 1.29 is 34.3 Å². The molecule has 5 amide bonds. The Labute approximate surface area is 234 Å². The van der Waals surface area contributed by atoms with Gasteiger partial charge >= 0.3 is 0 Å². The number of aliphatic hydroxyl groups is 1. The Bertz CT molecular complexity index is 973. The van der Waals surface area contributed by atoms with E-state index in [1.807, 2.05) is 13.8 Å². The quantitative estimate of drug-likeness (QED) is 0.0640. The predicted molar refractivity (Wildman–Crippen MR) is 147 cm³/mol. The van der Waals surface area contributed by atoms with Gasteiger partial charge in [0.1, 0.15) is 18.1 Å². The third-order valence-electron chi connectivity index (χ3n) is 6.27. The zero-order chi connectivity index (χ0) is 30.2. The first kappa shape index (κ1) is 34.5. The predicted octanol–water partition coefficient (Wildman–Crippen LogP) is -0.764. The van der Waals surface area contributed by atoms with Gasteiger partial charge in [-0.2, -0.15) is 0 Å². The van der Waals surface area contributed by atoms with Gasteiger partial charge in [0.05, 0.1) is 6.10 Å². The molecule has 0 aliphatic heterocycles. The summed E-state index contributed by atoms with van der Waals surface area (Å²) < 4.78 is 0. The molecule has 0 saturated carbocycles. The number of hydroxylamine groups is 1. The van der Waals surface area contributed by atoms with Crippen molar-refractivity contribution in [3.8, 4) is 0 Å². The van der Waals surface area contributed by atoms with Gasteiger partial charge in [0.2, 0.25) is 29.5 Å². The lowest BCUT2D eigenvalue weighted by Gasteiger charge is -2.27. The van der Waals surface area contributed by atoms with Gasteiger partial charge in [0.15, 0.2) is 0 Å². The molecule has 0 bridgehead atoms. The van der Waals surface area contributed by atoms with E-state index in [4.69, 9.17) is 16.7 Å². The van der Waals surface area contributed by atoms with E-state index >= 15 is 0 Å². The second-order valence-corrected chi connectivity index (χ2v) is 10.3. The molecule has 5 atom stereocenters. The summed E-state index contributed by atoms with van der Waals surface area (Å²) in [5.74, 6) is -4.47. The van der Waals surface area contributed by atoms with Gasteiger partial charge in [-0.1, -0.05) is 44.2 Å². The molecule has 0 fully saturated rings. The normalized spacial score (nSPS) is 14.8. The molecule has 0 spiro atoms. The average Bonchev–Trinajstić information content (AvgIpc) is 2.90. The van der Waals surface area contributed by atoms with Crippen LogP contribution in [0.5, 0.6) is 0 Å². The van der Waals surface area contributed by atoms with Crippen molar-refractivity contribution in [1.82, 2.24) is 21.4 Å². The zero-order valence-electron chi connectivity index (χ0n) is 23.4. The maximum absolute atomic E-state index is 13.4. The fourth-order valence-corrected chi connectivity index (χ4v) is 4.17. The van der Waals surface area contributed by atoms with Gasteiger partial charge in [0.25, 0.3) is 0 Å². The van der Waals surface area contributed by atoms with Crippen molar-refractivity contribution in [2.45, 2.75) is 83.5 Å². The lowest BCUT2D eigenvalue weighted by atomic mass is 9.92. The minimum atomic E-state index is -1.45. The molecule has 0 aliphatic rings. The molecule has 0 aromatic heterocycles. The molecule has 40 heavy (non-hydrogen) atoms. The van der Waals surface area contributed by atoms with Crippen molar-refractivity contribution in [2.75, 3.05) is 6.54 Å². The molecule has 0 saturated heterocycles. The standard InChI is InChI=1S/C27H44N6O7/c1-16(2)13-19(15-22(35)33-40)25(37)31-21(14-18-9-5-4-6-10-18)26(38)32-23(17(3)34)27(39)30-20(24(29)36)11-7-8-12-28/h4-6,9-10,16-17,19-21,23,34,40H,7-8,11-15,28H2,1-3H3,(H2,29,36)(H,30,39)(H,31,37)(H,32,38)(H,33,35)/t17-,19-,20+,21+,23+/m1/s1. The molecule has 1 aromatic carbocycles. The van der Waals surface area contributed by atoms with Crippen molar-refractivity contribution in [1.29, 1.82) is 0 Å². The van der Waals surface area contributed by atoms with E-state index in [-0.39, 0.29) is 25.2 Å². The molecule has 10 N–H and O–H groups in total. The fraction of sp³-hybridized carbons (Fsp3) is 0.593. The molecule has 0 unspecified atom stereocenters. The minimum Gasteiger partial charge on any atom is -0.391 e. The van der Waals surface area contributed by atoms with Crippen LogP contribution in [0.15, 0.2) is 30.3 Å². The molecule has 0 radical (unpaired) electrons. The second kappa shape index (κ2) is 17.9. The molecule has 0 heterocycles. The fourth-order valence-electron chi connectivity index (χ4n) is 4.17. The Morgan fingerprint density at radius 1 is 0.875 bits per heavy atom. The summed E-state index contributed by atoms with van der Waals surface area (Å²) in [6, 6.07) is 5.19. The molecular formula is C27H44N6O7. The zero-order valence-corrected chi connectivity index (χ0v) is 23.4. The second-order valence-electron chi connectivity index (χ2n) is 10.3. The van der Waals surface area contributed by atoms with Gasteiger partial charge in [-0.3, -0.25) is 29.2 Å². The van der Waals surface area contributed by atoms with Crippen LogP contribution in [-0.2, 0) is 30.4 Å². The number of rotatable bonds is 18. The third-order valence-corrected chi connectivity index (χ3v) is 6.27. The lowest BCUT2D eigenvalue weighted by Crippen LogP contribution is -2.60. The van der Waals surface area contributed by atoms with E-state index in [2.05, 4.69) is 16.0 Å². The van der Waals surface area contributed by atoms with Gasteiger partial charge in [-0.15, -0.1) is 0 Å². The minimum absolute atomic E-state index is 0.0370. The summed E-state index contributed by atoms with van der Waals surface area (Å²) in [7, 11) is 0. The SMILES string of the molecule is CC(C)C[C@H](CC(=O)NO)C(=O)N[C@@H](Cc1ccccc1)C(=O)N[C@H](C(=O)N[C@@H](CCCCN)C(N)=O)[C@@H](C)O. The van der Waals surface area contributed by atoms with Gasteiger partial charge in [0, 0.05) is 18.8 Å². The smallest absolute Gasteiger partial charge is 0.245 e. The molecule has 13 nitrogen and oxygen atoms in total. The van der Waals surface area contributed by atoms with E-state index in [1.54, 1.807) is 30.3 Å². The van der Waals surface area contributed by atoms with Gasteiger partial charge in [-0.05, 0) is 50.6 Å². The first-order valence-electron chi connectivity index (χ1n) is 13.4. The number of amides is 5. The number of nitrogens with two attached hydrogens (primary N) is 2. The topological polar surface area (TPSA) is 226 Å². The highest BCUT2D eigenvalue weighted by Crippen LogP contribution is 2.17. The van der Waals surface area contributed by atoms with E-state index < -0.39 is 59.7 Å². The van der Waals surface area contributed by atoms with Gasteiger partial charge in [-0.25, -0.2) is 5.48 Å². The number of carbonyl (C=O) groups is 5. The van der Waals surface area contributed by atoms with Crippen molar-refractivity contribution in [3.05, 3.63) is 35.9 Å². The van der Waals surface area contributed by atoms with E-state index in [0.717, 1.165) is 0 Å². The van der Waals surface area contributed by atoms with E-state index in [9.17, 15) is 29.1 Å². The third kappa shape index (κ3) is 12.5. The van der Waals surface area contributed by atoms with Gasteiger partial charge < -0.3 is 32.5 Å². The van der Waals surface area contributed by atoms with Crippen LogP contribution in [0.4, 0.5) is 0 Å². The largest absolute Gasteiger partial charge is 0.391 e. The summed E-state index contributed by atoms with van der Waals surface area (Å²) in [6.07, 6.45) is 0.118. The van der Waals surface area contributed by atoms with Crippen LogP contribution in [0.1, 0.15) is 58.4 Å². The molecule has 0 aliphatic carbocycles. The number of carbonyl (C=O) groups excluding carboxylic acids is 5. The molecular weight excluding hydrogens is 520 g/mol. The highest BCUT2D eigenvalue weighted by Gasteiger charge is 2.33.